The Balaban J connectivity index is 0.00000220. The maximum absolute atomic E-state index is 12.2. The Hall–Kier alpha value is -0.580. The van der Waals surface area contributed by atoms with Crippen LogP contribution < -0.4 is 5.73 Å². The molecule has 21 heavy (non-hydrogen) atoms. The number of likely N-dealkylation sites (tertiary alicyclic amines) is 1. The molecule has 1 aliphatic heterocycles. The molecule has 2 N–H and O–H groups in total. The van der Waals surface area contributed by atoms with Crippen LogP contribution in [0.1, 0.15) is 31.7 Å². The lowest BCUT2D eigenvalue weighted by atomic mass is 9.91. The fraction of sp³-hybridized carbons (Fsp3) is 0.562. The molecular weight excluding hydrogens is 352 g/mol. The standard InChI is InChI=1S/C16H23BrN2O.ClH/c1-12(18)13-8-10-19(11-9-13)16(20)7-6-14-4-2-3-5-15(14)17;/h2-5,12-13H,6-11,18H2,1H3;1H. The Morgan fingerprint density at radius 3 is 2.57 bits per heavy atom. The molecule has 1 heterocycles. The molecular formula is C16H24BrClN2O. The van der Waals surface area contributed by atoms with E-state index < -0.39 is 0 Å². The maximum Gasteiger partial charge on any atom is 0.222 e. The van der Waals surface area contributed by atoms with Gasteiger partial charge in [-0.25, -0.2) is 0 Å². The van der Waals surface area contributed by atoms with Crippen molar-refractivity contribution in [3.8, 4) is 0 Å². The van der Waals surface area contributed by atoms with Crippen LogP contribution in [0, 0.1) is 5.92 Å². The van der Waals surface area contributed by atoms with Crippen LogP contribution in [-0.2, 0) is 11.2 Å². The van der Waals surface area contributed by atoms with Crippen LogP contribution in [0.25, 0.3) is 0 Å². The zero-order chi connectivity index (χ0) is 14.5. The highest BCUT2D eigenvalue weighted by Crippen LogP contribution is 2.21. The summed E-state index contributed by atoms with van der Waals surface area (Å²) in [5.41, 5.74) is 7.13. The highest BCUT2D eigenvalue weighted by Gasteiger charge is 2.24. The van der Waals surface area contributed by atoms with E-state index in [0.29, 0.717) is 12.3 Å². The normalized spacial score (nSPS) is 17.2. The van der Waals surface area contributed by atoms with Crippen molar-refractivity contribution in [3.63, 3.8) is 0 Å². The topological polar surface area (TPSA) is 46.3 Å². The number of amides is 1. The lowest BCUT2D eigenvalue weighted by Gasteiger charge is -2.33. The van der Waals surface area contributed by atoms with E-state index >= 15 is 0 Å². The molecule has 0 aliphatic carbocycles. The van der Waals surface area contributed by atoms with E-state index in [4.69, 9.17) is 5.73 Å². The fourth-order valence-corrected chi connectivity index (χ4v) is 3.26. The lowest BCUT2D eigenvalue weighted by molar-refractivity contribution is -0.132. The Bertz CT molecular complexity index is 459. The van der Waals surface area contributed by atoms with Gasteiger partial charge in [-0.1, -0.05) is 34.1 Å². The van der Waals surface area contributed by atoms with Gasteiger partial charge in [0.2, 0.25) is 5.91 Å². The van der Waals surface area contributed by atoms with E-state index in [-0.39, 0.29) is 24.4 Å². The lowest BCUT2D eigenvalue weighted by Crippen LogP contribution is -2.42. The smallest absolute Gasteiger partial charge is 0.222 e. The van der Waals surface area contributed by atoms with Crippen molar-refractivity contribution in [2.24, 2.45) is 11.7 Å². The largest absolute Gasteiger partial charge is 0.343 e. The van der Waals surface area contributed by atoms with Crippen molar-refractivity contribution in [2.75, 3.05) is 13.1 Å². The summed E-state index contributed by atoms with van der Waals surface area (Å²) in [7, 11) is 0. The van der Waals surface area contributed by atoms with Crippen molar-refractivity contribution in [2.45, 2.75) is 38.6 Å². The minimum Gasteiger partial charge on any atom is -0.343 e. The van der Waals surface area contributed by atoms with E-state index in [1.165, 1.54) is 5.56 Å². The molecule has 5 heteroatoms. The maximum atomic E-state index is 12.2. The quantitative estimate of drug-likeness (QED) is 0.877. The zero-order valence-electron chi connectivity index (χ0n) is 12.4. The van der Waals surface area contributed by atoms with Gasteiger partial charge in [0.05, 0.1) is 0 Å². The second-order valence-corrected chi connectivity index (χ2v) is 6.52. The van der Waals surface area contributed by atoms with Gasteiger partial charge in [-0.15, -0.1) is 12.4 Å². The molecule has 0 radical (unpaired) electrons. The SMILES string of the molecule is CC(N)C1CCN(C(=O)CCc2ccccc2Br)CC1.Cl. The number of rotatable bonds is 4. The van der Waals surface area contributed by atoms with Gasteiger partial charge in [-0.05, 0) is 43.7 Å². The summed E-state index contributed by atoms with van der Waals surface area (Å²) in [5, 5.41) is 0. The van der Waals surface area contributed by atoms with E-state index in [1.54, 1.807) is 0 Å². The number of carbonyl (C=O) groups excluding carboxylic acids is 1. The summed E-state index contributed by atoms with van der Waals surface area (Å²) in [5.74, 6) is 0.839. The first-order chi connectivity index (χ1) is 9.58. The molecule has 0 saturated carbocycles. The number of aryl methyl sites for hydroxylation is 1. The predicted octanol–water partition coefficient (Wildman–Crippen LogP) is 3.39. The molecule has 1 aliphatic rings. The number of nitrogens with two attached hydrogens (primary N) is 1. The second-order valence-electron chi connectivity index (χ2n) is 5.67. The third-order valence-corrected chi connectivity index (χ3v) is 4.98. The molecule has 1 amide bonds. The van der Waals surface area contributed by atoms with Crippen LogP contribution in [0.15, 0.2) is 28.7 Å². The Labute approximate surface area is 141 Å². The third kappa shape index (κ3) is 5.28. The number of nitrogens with zero attached hydrogens (tertiary/aromatic N) is 1. The molecule has 1 aromatic rings. The van der Waals surface area contributed by atoms with Gasteiger partial charge in [0, 0.05) is 30.0 Å². The second kappa shape index (κ2) is 8.76. The Morgan fingerprint density at radius 2 is 2.00 bits per heavy atom. The number of hydrogen-bond acceptors (Lipinski definition) is 2. The molecule has 2 rings (SSSR count). The van der Waals surface area contributed by atoms with Crippen molar-refractivity contribution in [1.29, 1.82) is 0 Å². The molecule has 3 nitrogen and oxygen atoms in total. The van der Waals surface area contributed by atoms with Crippen LogP contribution in [0.5, 0.6) is 0 Å². The summed E-state index contributed by atoms with van der Waals surface area (Å²) in [6, 6.07) is 8.34. The van der Waals surface area contributed by atoms with Gasteiger partial charge in [-0.2, -0.15) is 0 Å². The number of halogens is 2. The van der Waals surface area contributed by atoms with E-state index in [1.807, 2.05) is 23.1 Å². The summed E-state index contributed by atoms with van der Waals surface area (Å²) >= 11 is 3.53. The average molecular weight is 376 g/mol. The zero-order valence-corrected chi connectivity index (χ0v) is 14.8. The van der Waals surface area contributed by atoms with Gasteiger partial charge in [0.15, 0.2) is 0 Å². The van der Waals surface area contributed by atoms with E-state index in [9.17, 15) is 4.79 Å². The molecule has 1 fully saturated rings. The van der Waals surface area contributed by atoms with Crippen molar-refractivity contribution >= 4 is 34.2 Å². The van der Waals surface area contributed by atoms with Crippen LogP contribution in [0.4, 0.5) is 0 Å². The molecule has 0 spiro atoms. The first-order valence-electron chi connectivity index (χ1n) is 7.34. The molecule has 0 bridgehead atoms. The molecule has 1 unspecified atom stereocenters. The van der Waals surface area contributed by atoms with Crippen LogP contribution >= 0.6 is 28.3 Å². The highest BCUT2D eigenvalue weighted by molar-refractivity contribution is 9.10. The highest BCUT2D eigenvalue weighted by atomic mass is 79.9. The minimum atomic E-state index is 0. The first-order valence-corrected chi connectivity index (χ1v) is 8.14. The van der Waals surface area contributed by atoms with Crippen molar-refractivity contribution in [3.05, 3.63) is 34.3 Å². The van der Waals surface area contributed by atoms with Crippen LogP contribution in [0.2, 0.25) is 0 Å². The molecule has 0 aromatic heterocycles. The predicted molar refractivity (Wildman–Crippen MR) is 92.7 cm³/mol. The van der Waals surface area contributed by atoms with Gasteiger partial charge < -0.3 is 10.6 Å². The molecule has 1 atom stereocenters. The Morgan fingerprint density at radius 1 is 1.38 bits per heavy atom. The van der Waals surface area contributed by atoms with Crippen molar-refractivity contribution in [1.82, 2.24) is 4.90 Å². The minimum absolute atomic E-state index is 0. The monoisotopic (exact) mass is 374 g/mol. The summed E-state index contributed by atoms with van der Waals surface area (Å²) in [6.07, 6.45) is 3.47. The van der Waals surface area contributed by atoms with Gasteiger partial charge in [0.1, 0.15) is 0 Å². The van der Waals surface area contributed by atoms with Gasteiger partial charge >= 0.3 is 0 Å². The fourth-order valence-electron chi connectivity index (χ4n) is 2.78. The van der Waals surface area contributed by atoms with Crippen LogP contribution in [0.3, 0.4) is 0 Å². The van der Waals surface area contributed by atoms with E-state index in [2.05, 4.69) is 28.9 Å². The summed E-state index contributed by atoms with van der Waals surface area (Å²) < 4.78 is 1.09. The number of benzene rings is 1. The van der Waals surface area contributed by atoms with Gasteiger partial charge in [-0.3, -0.25) is 4.79 Å². The molecule has 1 saturated heterocycles. The third-order valence-electron chi connectivity index (χ3n) is 4.20. The summed E-state index contributed by atoms with van der Waals surface area (Å²) in [4.78, 5) is 14.2. The number of piperidine rings is 1. The summed E-state index contributed by atoms with van der Waals surface area (Å²) in [6.45, 7) is 3.79. The van der Waals surface area contributed by atoms with Gasteiger partial charge in [0.25, 0.3) is 0 Å². The molecule has 1 aromatic carbocycles. The number of carbonyl (C=O) groups is 1. The first kappa shape index (κ1) is 18.5. The van der Waals surface area contributed by atoms with Crippen molar-refractivity contribution < 1.29 is 4.79 Å². The number of hydrogen-bond donors (Lipinski definition) is 1. The van der Waals surface area contributed by atoms with Crippen LogP contribution in [-0.4, -0.2) is 29.9 Å². The Kier molecular flexibility index (Phi) is 7.71. The molecule has 118 valence electrons. The average Bonchev–Trinajstić information content (AvgIpc) is 2.46. The van der Waals surface area contributed by atoms with E-state index in [0.717, 1.165) is 36.8 Å².